The highest BCUT2D eigenvalue weighted by Crippen LogP contribution is 2.04. The van der Waals surface area contributed by atoms with Crippen molar-refractivity contribution in [1.82, 2.24) is 10.2 Å². The summed E-state index contributed by atoms with van der Waals surface area (Å²) in [5.41, 5.74) is 0. The van der Waals surface area contributed by atoms with Gasteiger partial charge in [-0.1, -0.05) is 0 Å². The molecule has 3 nitrogen and oxygen atoms in total. The average Bonchev–Trinajstić information content (AvgIpc) is 2.05. The molecule has 12 heavy (non-hydrogen) atoms. The zero-order valence-electron chi connectivity index (χ0n) is 8.34. The van der Waals surface area contributed by atoms with Gasteiger partial charge in [0.05, 0.1) is 6.61 Å². The van der Waals surface area contributed by atoms with Crippen molar-refractivity contribution < 1.29 is 4.74 Å². The quantitative estimate of drug-likeness (QED) is 0.663. The van der Waals surface area contributed by atoms with E-state index in [0.717, 1.165) is 26.2 Å². The third-order valence-corrected chi connectivity index (χ3v) is 2.43. The Morgan fingerprint density at radius 1 is 1.67 bits per heavy atom. The normalized spacial score (nSPS) is 28.8. The summed E-state index contributed by atoms with van der Waals surface area (Å²) in [6, 6.07) is 1.18. The lowest BCUT2D eigenvalue weighted by Crippen LogP contribution is -2.53. The molecule has 3 heteroatoms. The van der Waals surface area contributed by atoms with Gasteiger partial charge < -0.3 is 10.1 Å². The Hall–Kier alpha value is -0.120. The first kappa shape index (κ1) is 9.96. The van der Waals surface area contributed by atoms with E-state index in [-0.39, 0.29) is 0 Å². The van der Waals surface area contributed by atoms with Gasteiger partial charge in [-0.15, -0.1) is 0 Å². The molecule has 1 rings (SSSR count). The maximum Gasteiger partial charge on any atom is 0.0615 e. The van der Waals surface area contributed by atoms with Gasteiger partial charge in [0.1, 0.15) is 0 Å². The Kier molecular flexibility index (Phi) is 3.98. The lowest BCUT2D eigenvalue weighted by Gasteiger charge is -2.35. The fourth-order valence-corrected chi connectivity index (χ4v) is 1.71. The van der Waals surface area contributed by atoms with E-state index >= 15 is 0 Å². The molecular weight excluding hydrogens is 152 g/mol. The van der Waals surface area contributed by atoms with E-state index in [2.05, 4.69) is 24.1 Å². The minimum absolute atomic E-state index is 0.555. The van der Waals surface area contributed by atoms with Crippen LogP contribution in [0.5, 0.6) is 0 Å². The Bertz CT molecular complexity index is 130. The van der Waals surface area contributed by atoms with Crippen molar-refractivity contribution in [2.75, 3.05) is 33.4 Å². The van der Waals surface area contributed by atoms with Crippen molar-refractivity contribution in [1.29, 1.82) is 0 Å². The van der Waals surface area contributed by atoms with Crippen LogP contribution < -0.4 is 5.32 Å². The van der Waals surface area contributed by atoms with Crippen LogP contribution in [0.1, 0.15) is 13.8 Å². The van der Waals surface area contributed by atoms with Gasteiger partial charge in [0.15, 0.2) is 0 Å². The number of rotatable bonds is 3. The molecule has 0 saturated carbocycles. The van der Waals surface area contributed by atoms with E-state index in [1.54, 1.807) is 7.11 Å². The van der Waals surface area contributed by atoms with Crippen molar-refractivity contribution in [2.24, 2.45) is 0 Å². The molecule has 1 aliphatic rings. The molecule has 1 saturated heterocycles. The molecule has 2 atom stereocenters. The van der Waals surface area contributed by atoms with Crippen LogP contribution in [0.3, 0.4) is 0 Å². The van der Waals surface area contributed by atoms with E-state index in [1.165, 1.54) is 0 Å². The number of methoxy groups -OCH3 is 1. The molecular formula is C9H20N2O. The summed E-state index contributed by atoms with van der Waals surface area (Å²) >= 11 is 0. The lowest BCUT2D eigenvalue weighted by atomic mass is 10.2. The van der Waals surface area contributed by atoms with Crippen molar-refractivity contribution >= 4 is 0 Å². The minimum Gasteiger partial charge on any atom is -0.383 e. The van der Waals surface area contributed by atoms with Crippen LogP contribution in [0, 0.1) is 0 Å². The summed E-state index contributed by atoms with van der Waals surface area (Å²) in [4.78, 5) is 2.48. The Morgan fingerprint density at radius 3 is 3.00 bits per heavy atom. The van der Waals surface area contributed by atoms with E-state index in [9.17, 15) is 0 Å². The fourth-order valence-electron chi connectivity index (χ4n) is 1.71. The highest BCUT2D eigenvalue weighted by molar-refractivity contribution is 4.78. The number of nitrogens with zero attached hydrogens (tertiary/aromatic N) is 1. The van der Waals surface area contributed by atoms with E-state index in [1.807, 2.05) is 0 Å². The molecule has 1 unspecified atom stereocenters. The predicted octanol–water partition coefficient (Wildman–Crippen LogP) is 0.315. The maximum absolute atomic E-state index is 5.13. The van der Waals surface area contributed by atoms with Crippen molar-refractivity contribution in [3.8, 4) is 0 Å². The van der Waals surface area contributed by atoms with Crippen LogP contribution in [0.15, 0.2) is 0 Å². The summed E-state index contributed by atoms with van der Waals surface area (Å²) in [7, 11) is 1.77. The van der Waals surface area contributed by atoms with Crippen LogP contribution in [0.4, 0.5) is 0 Å². The Morgan fingerprint density at radius 2 is 2.42 bits per heavy atom. The molecule has 0 radical (unpaired) electrons. The maximum atomic E-state index is 5.13. The number of hydrogen-bond donors (Lipinski definition) is 1. The molecule has 0 aromatic heterocycles. The molecule has 1 heterocycles. The standard InChI is InChI=1S/C9H20N2O/c1-8-6-11(5-4-10-8)9(2)7-12-3/h8-10H,4-7H2,1-3H3/t8-,9?/m0/s1. The van der Waals surface area contributed by atoms with Crippen LogP contribution in [0.25, 0.3) is 0 Å². The average molecular weight is 172 g/mol. The van der Waals surface area contributed by atoms with Crippen molar-refractivity contribution in [2.45, 2.75) is 25.9 Å². The third-order valence-electron chi connectivity index (χ3n) is 2.43. The van der Waals surface area contributed by atoms with Gasteiger partial charge in [-0.3, -0.25) is 4.90 Å². The van der Waals surface area contributed by atoms with Crippen LogP contribution in [-0.4, -0.2) is 50.3 Å². The largest absolute Gasteiger partial charge is 0.383 e. The van der Waals surface area contributed by atoms with Crippen molar-refractivity contribution in [3.63, 3.8) is 0 Å². The predicted molar refractivity (Wildman–Crippen MR) is 50.4 cm³/mol. The molecule has 0 spiro atoms. The molecule has 0 bridgehead atoms. The Balaban J connectivity index is 2.29. The Labute approximate surface area is 75.1 Å². The van der Waals surface area contributed by atoms with Gasteiger partial charge in [0, 0.05) is 38.8 Å². The summed E-state index contributed by atoms with van der Waals surface area (Å²) in [6.07, 6.45) is 0. The van der Waals surface area contributed by atoms with Gasteiger partial charge in [-0.25, -0.2) is 0 Å². The third kappa shape index (κ3) is 2.73. The van der Waals surface area contributed by atoms with Crippen LogP contribution >= 0.6 is 0 Å². The zero-order chi connectivity index (χ0) is 8.97. The van der Waals surface area contributed by atoms with Gasteiger partial charge in [-0.2, -0.15) is 0 Å². The zero-order valence-corrected chi connectivity index (χ0v) is 8.34. The van der Waals surface area contributed by atoms with E-state index < -0.39 is 0 Å². The first-order valence-electron chi connectivity index (χ1n) is 4.70. The van der Waals surface area contributed by atoms with Crippen LogP contribution in [0.2, 0.25) is 0 Å². The molecule has 0 aliphatic carbocycles. The molecule has 0 aromatic rings. The summed E-state index contributed by atoms with van der Waals surface area (Å²) in [5.74, 6) is 0. The second kappa shape index (κ2) is 4.80. The summed E-state index contributed by atoms with van der Waals surface area (Å²) in [6.45, 7) is 8.69. The van der Waals surface area contributed by atoms with Gasteiger partial charge in [0.25, 0.3) is 0 Å². The SMILES string of the molecule is COCC(C)N1CCN[C@@H](C)C1. The van der Waals surface area contributed by atoms with Gasteiger partial charge >= 0.3 is 0 Å². The minimum atomic E-state index is 0.555. The topological polar surface area (TPSA) is 24.5 Å². The molecule has 1 N–H and O–H groups in total. The molecule has 0 amide bonds. The molecule has 1 aliphatic heterocycles. The van der Waals surface area contributed by atoms with Gasteiger partial charge in [0.2, 0.25) is 0 Å². The smallest absolute Gasteiger partial charge is 0.0615 e. The molecule has 0 aromatic carbocycles. The van der Waals surface area contributed by atoms with E-state index in [0.29, 0.717) is 12.1 Å². The van der Waals surface area contributed by atoms with Gasteiger partial charge in [-0.05, 0) is 13.8 Å². The second-order valence-corrected chi connectivity index (χ2v) is 3.65. The van der Waals surface area contributed by atoms with E-state index in [4.69, 9.17) is 4.74 Å². The first-order chi connectivity index (χ1) is 5.74. The number of nitrogens with one attached hydrogen (secondary N) is 1. The first-order valence-corrected chi connectivity index (χ1v) is 4.70. The number of piperazine rings is 1. The summed E-state index contributed by atoms with van der Waals surface area (Å²) < 4.78 is 5.13. The monoisotopic (exact) mass is 172 g/mol. The highest BCUT2D eigenvalue weighted by Gasteiger charge is 2.19. The lowest BCUT2D eigenvalue weighted by molar-refractivity contribution is 0.0808. The van der Waals surface area contributed by atoms with Crippen LogP contribution in [-0.2, 0) is 4.74 Å². The number of hydrogen-bond acceptors (Lipinski definition) is 3. The number of ether oxygens (including phenoxy) is 1. The molecule has 72 valence electrons. The van der Waals surface area contributed by atoms with Crippen molar-refractivity contribution in [3.05, 3.63) is 0 Å². The fraction of sp³-hybridized carbons (Fsp3) is 1.00. The highest BCUT2D eigenvalue weighted by atomic mass is 16.5. The second-order valence-electron chi connectivity index (χ2n) is 3.65. The molecule has 1 fully saturated rings. The summed E-state index contributed by atoms with van der Waals surface area (Å²) in [5, 5.41) is 3.43.